The predicted molar refractivity (Wildman–Crippen MR) is 120 cm³/mol. The van der Waals surface area contributed by atoms with Crippen molar-refractivity contribution in [2.24, 2.45) is 0 Å². The fourth-order valence-corrected chi connectivity index (χ4v) is 4.00. The van der Waals surface area contributed by atoms with Crippen molar-refractivity contribution in [2.75, 3.05) is 23.9 Å². The van der Waals surface area contributed by atoms with Crippen molar-refractivity contribution in [3.8, 4) is 0 Å². The van der Waals surface area contributed by atoms with E-state index in [-0.39, 0.29) is 11.8 Å². The Morgan fingerprint density at radius 1 is 0.633 bits per heavy atom. The van der Waals surface area contributed by atoms with Gasteiger partial charge in [-0.2, -0.15) is 0 Å². The number of anilines is 2. The highest BCUT2D eigenvalue weighted by Crippen LogP contribution is 2.37. The molecule has 0 saturated heterocycles. The zero-order chi connectivity index (χ0) is 20.8. The van der Waals surface area contributed by atoms with E-state index in [1.54, 1.807) is 23.9 Å². The zero-order valence-corrected chi connectivity index (χ0v) is 16.7. The molecule has 5 nitrogen and oxygen atoms in total. The van der Waals surface area contributed by atoms with Gasteiger partial charge in [0.25, 0.3) is 11.8 Å². The molecule has 2 aromatic carbocycles. The molecule has 0 fully saturated rings. The van der Waals surface area contributed by atoms with Crippen LogP contribution in [0.2, 0.25) is 0 Å². The van der Waals surface area contributed by atoms with E-state index in [9.17, 15) is 9.59 Å². The summed E-state index contributed by atoms with van der Waals surface area (Å²) in [4.78, 5) is 33.4. The molecule has 0 atom stereocenters. The summed E-state index contributed by atoms with van der Waals surface area (Å²) in [6.45, 7) is 0. The van der Waals surface area contributed by atoms with E-state index >= 15 is 0 Å². The third kappa shape index (κ3) is 2.75. The quantitative estimate of drug-likeness (QED) is 0.616. The number of para-hydroxylation sites is 2. The van der Waals surface area contributed by atoms with Crippen LogP contribution in [0, 0.1) is 0 Å². The highest BCUT2D eigenvalue weighted by molar-refractivity contribution is 6.36. The first-order valence-electron chi connectivity index (χ1n) is 9.70. The van der Waals surface area contributed by atoms with Crippen LogP contribution < -0.4 is 9.80 Å². The van der Waals surface area contributed by atoms with Crippen LogP contribution >= 0.6 is 0 Å². The summed E-state index contributed by atoms with van der Waals surface area (Å²) < 4.78 is 0. The summed E-state index contributed by atoms with van der Waals surface area (Å²) in [5.41, 5.74) is 6.16. The van der Waals surface area contributed by atoms with Crippen molar-refractivity contribution in [1.82, 2.24) is 4.98 Å². The molecule has 0 unspecified atom stereocenters. The first kappa shape index (κ1) is 18.1. The second-order valence-corrected chi connectivity index (χ2v) is 7.37. The lowest BCUT2D eigenvalue weighted by Crippen LogP contribution is -2.20. The van der Waals surface area contributed by atoms with E-state index in [2.05, 4.69) is 4.98 Å². The average molecular weight is 393 g/mol. The Morgan fingerprint density at radius 2 is 1.07 bits per heavy atom. The summed E-state index contributed by atoms with van der Waals surface area (Å²) in [6, 6.07) is 21.0. The highest BCUT2D eigenvalue weighted by atomic mass is 16.2. The second kappa shape index (κ2) is 6.81. The first-order valence-corrected chi connectivity index (χ1v) is 9.70. The first-order chi connectivity index (χ1) is 14.5. The van der Waals surface area contributed by atoms with Gasteiger partial charge in [-0.1, -0.05) is 42.5 Å². The molecule has 30 heavy (non-hydrogen) atoms. The number of amides is 2. The van der Waals surface area contributed by atoms with Gasteiger partial charge in [-0.05, 0) is 36.4 Å². The molecule has 0 radical (unpaired) electrons. The summed E-state index contributed by atoms with van der Waals surface area (Å²) in [7, 11) is 3.55. The Hall–Kier alpha value is -3.99. The molecule has 5 heteroatoms. The minimum atomic E-state index is -0.0525. The maximum Gasteiger partial charge on any atom is 0.258 e. The van der Waals surface area contributed by atoms with Gasteiger partial charge in [0.05, 0.1) is 33.9 Å². The SMILES string of the molecule is CN1C(=O)/C(=C\c2cccc(/C=C3\C(=O)N(C)c4ccccc43)n2)c2ccccc21. The third-order valence-electron chi connectivity index (χ3n) is 5.56. The van der Waals surface area contributed by atoms with E-state index in [1.807, 2.05) is 78.9 Å². The summed E-state index contributed by atoms with van der Waals surface area (Å²) in [5.74, 6) is -0.105. The molecular weight excluding hydrogens is 374 g/mol. The Balaban J connectivity index is 1.55. The van der Waals surface area contributed by atoms with Crippen molar-refractivity contribution in [1.29, 1.82) is 0 Å². The van der Waals surface area contributed by atoms with Crippen molar-refractivity contribution in [2.45, 2.75) is 0 Å². The van der Waals surface area contributed by atoms with E-state index in [0.29, 0.717) is 22.5 Å². The molecule has 0 bridgehead atoms. The van der Waals surface area contributed by atoms with Crippen LogP contribution in [0.25, 0.3) is 23.3 Å². The maximum absolute atomic E-state index is 12.7. The van der Waals surface area contributed by atoms with E-state index in [1.165, 1.54) is 0 Å². The molecule has 0 saturated carbocycles. The lowest BCUT2D eigenvalue weighted by atomic mass is 10.0. The van der Waals surface area contributed by atoms with Crippen molar-refractivity contribution in [3.63, 3.8) is 0 Å². The van der Waals surface area contributed by atoms with Crippen LogP contribution in [0.3, 0.4) is 0 Å². The minimum absolute atomic E-state index is 0.0525. The standard InChI is InChI=1S/C25H19N3O2/c1-27-22-12-5-3-10-18(22)20(24(27)29)14-16-8-7-9-17(26-16)15-21-19-11-4-6-13-23(19)28(2)25(21)30/h3-15H,1-2H3/b20-14-,21-15-. The highest BCUT2D eigenvalue weighted by Gasteiger charge is 2.30. The van der Waals surface area contributed by atoms with Gasteiger partial charge in [0.2, 0.25) is 0 Å². The van der Waals surface area contributed by atoms with E-state index in [4.69, 9.17) is 0 Å². The van der Waals surface area contributed by atoms with Gasteiger partial charge >= 0.3 is 0 Å². The molecular formula is C25H19N3O2. The van der Waals surface area contributed by atoms with Crippen LogP contribution in [0.1, 0.15) is 22.5 Å². The van der Waals surface area contributed by atoms with Gasteiger partial charge in [-0.3, -0.25) is 9.59 Å². The average Bonchev–Trinajstić information content (AvgIpc) is 3.15. The number of rotatable bonds is 2. The van der Waals surface area contributed by atoms with E-state index in [0.717, 1.165) is 22.5 Å². The zero-order valence-electron chi connectivity index (χ0n) is 16.7. The van der Waals surface area contributed by atoms with E-state index < -0.39 is 0 Å². The van der Waals surface area contributed by atoms with Gasteiger partial charge in [-0.15, -0.1) is 0 Å². The molecule has 2 aliphatic rings. The number of pyridine rings is 1. The molecule has 1 aromatic heterocycles. The molecule has 5 rings (SSSR count). The number of nitrogens with zero attached hydrogens (tertiary/aromatic N) is 3. The Labute approximate surface area is 174 Å². The number of aromatic nitrogens is 1. The topological polar surface area (TPSA) is 53.5 Å². The maximum atomic E-state index is 12.7. The lowest BCUT2D eigenvalue weighted by molar-refractivity contribution is -0.113. The molecule has 0 N–H and O–H groups in total. The third-order valence-corrected chi connectivity index (χ3v) is 5.56. The fourth-order valence-electron chi connectivity index (χ4n) is 4.00. The fraction of sp³-hybridized carbons (Fsp3) is 0.0800. The minimum Gasteiger partial charge on any atom is -0.311 e. The monoisotopic (exact) mass is 393 g/mol. The van der Waals surface area contributed by atoms with Crippen molar-refractivity contribution in [3.05, 3.63) is 89.2 Å². The molecule has 3 aromatic rings. The molecule has 2 aliphatic heterocycles. The van der Waals surface area contributed by atoms with Crippen LogP contribution in [0.4, 0.5) is 11.4 Å². The van der Waals surface area contributed by atoms with Crippen LogP contribution in [0.15, 0.2) is 66.7 Å². The van der Waals surface area contributed by atoms with Gasteiger partial charge in [0.1, 0.15) is 0 Å². The van der Waals surface area contributed by atoms with Gasteiger partial charge in [0, 0.05) is 25.2 Å². The van der Waals surface area contributed by atoms with Gasteiger partial charge in [0.15, 0.2) is 0 Å². The molecule has 0 aliphatic carbocycles. The Kier molecular flexibility index (Phi) is 4.10. The number of hydrogen-bond donors (Lipinski definition) is 0. The Morgan fingerprint density at radius 3 is 1.53 bits per heavy atom. The van der Waals surface area contributed by atoms with Crippen LogP contribution in [-0.2, 0) is 9.59 Å². The predicted octanol–water partition coefficient (Wildman–Crippen LogP) is 4.12. The Bertz CT molecular complexity index is 1180. The van der Waals surface area contributed by atoms with Crippen LogP contribution in [-0.4, -0.2) is 30.9 Å². The summed E-state index contributed by atoms with van der Waals surface area (Å²) >= 11 is 0. The number of hydrogen-bond acceptors (Lipinski definition) is 3. The summed E-state index contributed by atoms with van der Waals surface area (Å²) in [5, 5.41) is 0. The molecule has 2 amide bonds. The normalized spacial score (nSPS) is 17.8. The summed E-state index contributed by atoms with van der Waals surface area (Å²) in [6.07, 6.45) is 3.62. The lowest BCUT2D eigenvalue weighted by Gasteiger charge is -2.08. The van der Waals surface area contributed by atoms with Crippen molar-refractivity contribution >= 4 is 46.5 Å². The number of carbonyl (C=O) groups excluding carboxylic acids is 2. The second-order valence-electron chi connectivity index (χ2n) is 7.37. The number of fused-ring (bicyclic) bond motifs is 2. The largest absolute Gasteiger partial charge is 0.311 e. The number of likely N-dealkylation sites (N-methyl/N-ethyl adjacent to an activating group) is 2. The van der Waals surface area contributed by atoms with Crippen LogP contribution in [0.5, 0.6) is 0 Å². The van der Waals surface area contributed by atoms with Crippen molar-refractivity contribution < 1.29 is 9.59 Å². The molecule has 3 heterocycles. The smallest absolute Gasteiger partial charge is 0.258 e. The molecule has 0 spiro atoms. The molecule has 146 valence electrons. The van der Waals surface area contributed by atoms with Gasteiger partial charge < -0.3 is 9.80 Å². The number of benzene rings is 2. The van der Waals surface area contributed by atoms with Gasteiger partial charge in [-0.25, -0.2) is 4.98 Å². The number of carbonyl (C=O) groups is 2.